The van der Waals surface area contributed by atoms with Crippen LogP contribution >= 0.6 is 11.6 Å². The molecule has 2 amide bonds. The predicted octanol–water partition coefficient (Wildman–Crippen LogP) is 4.90. The normalized spacial score (nSPS) is 19.7. The van der Waals surface area contributed by atoms with E-state index in [4.69, 9.17) is 11.6 Å². The minimum absolute atomic E-state index is 0.0786. The summed E-state index contributed by atoms with van der Waals surface area (Å²) >= 11 is 5.98. The third-order valence-corrected chi connectivity index (χ3v) is 5.05. The zero-order chi connectivity index (χ0) is 18.5. The Morgan fingerprint density at radius 1 is 1.12 bits per heavy atom. The molecule has 138 valence electrons. The van der Waals surface area contributed by atoms with E-state index in [0.29, 0.717) is 10.7 Å². The van der Waals surface area contributed by atoms with Gasteiger partial charge >= 0.3 is 6.03 Å². The second-order valence-corrected chi connectivity index (χ2v) is 7.34. The Balaban J connectivity index is 1.66. The molecular formula is C20H25ClN4O. The van der Waals surface area contributed by atoms with Crippen molar-refractivity contribution in [1.82, 2.24) is 10.3 Å². The number of amides is 2. The molecule has 26 heavy (non-hydrogen) atoms. The van der Waals surface area contributed by atoms with Gasteiger partial charge in [-0.15, -0.1) is 0 Å². The lowest BCUT2D eigenvalue weighted by Crippen LogP contribution is -2.50. The van der Waals surface area contributed by atoms with Gasteiger partial charge in [-0.25, -0.2) is 4.79 Å². The van der Waals surface area contributed by atoms with Crippen molar-refractivity contribution in [2.75, 3.05) is 10.6 Å². The third kappa shape index (κ3) is 4.67. The van der Waals surface area contributed by atoms with Gasteiger partial charge in [0, 0.05) is 34.8 Å². The first-order valence-electron chi connectivity index (χ1n) is 9.04. The Bertz CT molecular complexity index is 760. The summed E-state index contributed by atoms with van der Waals surface area (Å²) in [5, 5.41) is 10.2. The van der Waals surface area contributed by atoms with Crippen molar-refractivity contribution in [3.05, 3.63) is 52.8 Å². The van der Waals surface area contributed by atoms with E-state index in [-0.39, 0.29) is 18.1 Å². The van der Waals surface area contributed by atoms with Gasteiger partial charge in [0.15, 0.2) is 0 Å². The SMILES string of the molecule is Cc1cncc(C)c1NC1CCCCC1NC(=O)Nc1cccc(Cl)c1. The molecule has 1 aliphatic rings. The van der Waals surface area contributed by atoms with Crippen LogP contribution in [0.15, 0.2) is 36.7 Å². The van der Waals surface area contributed by atoms with Crippen LogP contribution in [0.2, 0.25) is 5.02 Å². The lowest BCUT2D eigenvalue weighted by molar-refractivity contribution is 0.242. The van der Waals surface area contributed by atoms with Gasteiger partial charge in [0.05, 0.1) is 6.04 Å². The summed E-state index contributed by atoms with van der Waals surface area (Å²) in [4.78, 5) is 16.6. The van der Waals surface area contributed by atoms with E-state index in [0.717, 1.165) is 42.5 Å². The third-order valence-electron chi connectivity index (χ3n) is 4.82. The fraction of sp³-hybridized carbons (Fsp3) is 0.400. The largest absolute Gasteiger partial charge is 0.380 e. The maximum Gasteiger partial charge on any atom is 0.319 e. The molecule has 2 atom stereocenters. The molecule has 2 unspecified atom stereocenters. The number of nitrogens with zero attached hydrogens (tertiary/aromatic N) is 1. The van der Waals surface area contributed by atoms with E-state index in [1.807, 2.05) is 24.5 Å². The van der Waals surface area contributed by atoms with E-state index in [9.17, 15) is 4.79 Å². The van der Waals surface area contributed by atoms with E-state index in [1.165, 1.54) is 0 Å². The van der Waals surface area contributed by atoms with Crippen LogP contribution in [-0.2, 0) is 0 Å². The summed E-state index contributed by atoms with van der Waals surface area (Å²) < 4.78 is 0. The highest BCUT2D eigenvalue weighted by atomic mass is 35.5. The van der Waals surface area contributed by atoms with Gasteiger partial charge in [-0.2, -0.15) is 0 Å². The van der Waals surface area contributed by atoms with Crippen LogP contribution in [0.4, 0.5) is 16.2 Å². The van der Waals surface area contributed by atoms with Crippen molar-refractivity contribution >= 4 is 29.0 Å². The maximum absolute atomic E-state index is 12.4. The number of hydrogen-bond acceptors (Lipinski definition) is 3. The molecule has 0 aliphatic heterocycles. The van der Waals surface area contributed by atoms with Crippen molar-refractivity contribution in [3.8, 4) is 0 Å². The molecule has 1 aliphatic carbocycles. The number of benzene rings is 1. The van der Waals surface area contributed by atoms with Crippen molar-refractivity contribution in [1.29, 1.82) is 0 Å². The summed E-state index contributed by atoms with van der Waals surface area (Å²) in [5.41, 5.74) is 4.06. The molecule has 1 fully saturated rings. The van der Waals surface area contributed by atoms with Crippen molar-refractivity contribution in [3.63, 3.8) is 0 Å². The Hall–Kier alpha value is -2.27. The molecule has 1 saturated carbocycles. The minimum Gasteiger partial charge on any atom is -0.380 e. The number of aromatic nitrogens is 1. The maximum atomic E-state index is 12.4. The number of carbonyl (C=O) groups excluding carboxylic acids is 1. The minimum atomic E-state index is -0.200. The molecule has 3 N–H and O–H groups in total. The molecule has 2 aromatic rings. The average Bonchev–Trinajstić information content (AvgIpc) is 2.59. The lowest BCUT2D eigenvalue weighted by Gasteiger charge is -2.34. The number of carbonyl (C=O) groups is 1. The van der Waals surface area contributed by atoms with E-state index >= 15 is 0 Å². The monoisotopic (exact) mass is 372 g/mol. The van der Waals surface area contributed by atoms with Crippen LogP contribution in [0.5, 0.6) is 0 Å². The van der Waals surface area contributed by atoms with Crippen LogP contribution < -0.4 is 16.0 Å². The number of hydrogen-bond donors (Lipinski definition) is 3. The first kappa shape index (κ1) is 18.5. The first-order chi connectivity index (χ1) is 12.5. The quantitative estimate of drug-likeness (QED) is 0.715. The molecule has 0 bridgehead atoms. The van der Waals surface area contributed by atoms with Gasteiger partial charge in [0.2, 0.25) is 0 Å². The molecule has 0 saturated heterocycles. The van der Waals surface area contributed by atoms with E-state index in [2.05, 4.69) is 34.8 Å². The summed E-state index contributed by atoms with van der Waals surface area (Å²) in [6, 6.07) is 7.24. The molecular weight excluding hydrogens is 348 g/mol. The van der Waals surface area contributed by atoms with Gasteiger partial charge < -0.3 is 16.0 Å². The standard InChI is InChI=1S/C20H25ClN4O/c1-13-11-22-12-14(2)19(13)24-17-8-3-4-9-18(17)25-20(26)23-16-7-5-6-15(21)10-16/h5-7,10-12,17-18H,3-4,8-9H2,1-2H3,(H,22,24)(H2,23,25,26). The Morgan fingerprint density at radius 3 is 2.50 bits per heavy atom. The second kappa shape index (κ2) is 8.41. The average molecular weight is 373 g/mol. The van der Waals surface area contributed by atoms with Crippen LogP contribution in [0.25, 0.3) is 0 Å². The molecule has 0 radical (unpaired) electrons. The number of aryl methyl sites for hydroxylation is 2. The number of nitrogens with one attached hydrogen (secondary N) is 3. The van der Waals surface area contributed by atoms with Crippen molar-refractivity contribution < 1.29 is 4.79 Å². The summed E-state index contributed by atoms with van der Waals surface area (Å²) in [5.74, 6) is 0. The molecule has 3 rings (SSSR count). The zero-order valence-corrected chi connectivity index (χ0v) is 15.9. The molecule has 0 spiro atoms. The van der Waals surface area contributed by atoms with Gasteiger partial charge in [-0.1, -0.05) is 30.5 Å². The zero-order valence-electron chi connectivity index (χ0n) is 15.2. The summed E-state index contributed by atoms with van der Waals surface area (Å²) in [6.07, 6.45) is 8.01. The fourth-order valence-electron chi connectivity index (χ4n) is 3.49. The van der Waals surface area contributed by atoms with E-state index < -0.39 is 0 Å². The molecule has 1 aromatic heterocycles. The number of urea groups is 1. The van der Waals surface area contributed by atoms with Gasteiger partial charge in [-0.05, 0) is 56.0 Å². The Kier molecular flexibility index (Phi) is 5.99. The summed E-state index contributed by atoms with van der Waals surface area (Å²) in [6.45, 7) is 4.11. The van der Waals surface area contributed by atoms with Gasteiger partial charge in [-0.3, -0.25) is 4.98 Å². The fourth-order valence-corrected chi connectivity index (χ4v) is 3.68. The van der Waals surface area contributed by atoms with Crippen molar-refractivity contribution in [2.24, 2.45) is 0 Å². The highest BCUT2D eigenvalue weighted by Crippen LogP contribution is 2.26. The highest BCUT2D eigenvalue weighted by molar-refractivity contribution is 6.30. The lowest BCUT2D eigenvalue weighted by atomic mass is 9.90. The predicted molar refractivity (Wildman–Crippen MR) is 107 cm³/mol. The number of anilines is 2. The van der Waals surface area contributed by atoms with Crippen LogP contribution in [0.1, 0.15) is 36.8 Å². The van der Waals surface area contributed by atoms with Crippen LogP contribution in [0, 0.1) is 13.8 Å². The smallest absolute Gasteiger partial charge is 0.319 e. The van der Waals surface area contributed by atoms with Gasteiger partial charge in [0.25, 0.3) is 0 Å². The first-order valence-corrected chi connectivity index (χ1v) is 9.41. The molecule has 1 heterocycles. The van der Waals surface area contributed by atoms with Crippen molar-refractivity contribution in [2.45, 2.75) is 51.6 Å². The van der Waals surface area contributed by atoms with Crippen LogP contribution in [-0.4, -0.2) is 23.1 Å². The molecule has 1 aromatic carbocycles. The Labute approximate surface area is 159 Å². The van der Waals surface area contributed by atoms with Crippen LogP contribution in [0.3, 0.4) is 0 Å². The summed E-state index contributed by atoms with van der Waals surface area (Å²) in [7, 11) is 0. The van der Waals surface area contributed by atoms with Gasteiger partial charge in [0.1, 0.15) is 0 Å². The highest BCUT2D eigenvalue weighted by Gasteiger charge is 2.27. The molecule has 5 nitrogen and oxygen atoms in total. The number of rotatable bonds is 4. The molecule has 6 heteroatoms. The number of pyridine rings is 1. The topological polar surface area (TPSA) is 66.0 Å². The van der Waals surface area contributed by atoms with E-state index in [1.54, 1.807) is 12.1 Å². The second-order valence-electron chi connectivity index (χ2n) is 6.90. The Morgan fingerprint density at radius 2 is 1.81 bits per heavy atom. The number of halogens is 1.